The van der Waals surface area contributed by atoms with Crippen LogP contribution in [0.25, 0.3) is 0 Å². The Bertz CT molecular complexity index is 683. The maximum Gasteiger partial charge on any atom is 0.353 e. The summed E-state index contributed by atoms with van der Waals surface area (Å²) in [7, 11) is 0. The van der Waals surface area contributed by atoms with E-state index in [1.165, 1.54) is 6.07 Å². The number of aromatic nitrogens is 2. The Morgan fingerprint density at radius 3 is 2.95 bits per heavy atom. The van der Waals surface area contributed by atoms with Crippen LogP contribution in [0, 0.1) is 0 Å². The number of hydrogen-bond acceptors (Lipinski definition) is 4. The summed E-state index contributed by atoms with van der Waals surface area (Å²) >= 11 is 1.64. The van der Waals surface area contributed by atoms with Gasteiger partial charge in [-0.1, -0.05) is 18.2 Å². The molecule has 1 amide bonds. The highest BCUT2D eigenvalue weighted by molar-refractivity contribution is 7.99. The van der Waals surface area contributed by atoms with Crippen molar-refractivity contribution in [2.24, 2.45) is 0 Å². The van der Waals surface area contributed by atoms with Gasteiger partial charge in [-0.2, -0.15) is 5.10 Å². The van der Waals surface area contributed by atoms with Gasteiger partial charge >= 0.3 is 5.97 Å². The minimum atomic E-state index is -1.11. The molecule has 0 radical (unpaired) electrons. The molecule has 0 aliphatic carbocycles. The number of H-pyrrole nitrogens is 1. The van der Waals surface area contributed by atoms with Crippen molar-refractivity contribution in [1.82, 2.24) is 10.2 Å². The molecule has 1 aliphatic rings. The van der Waals surface area contributed by atoms with Crippen molar-refractivity contribution in [2.45, 2.75) is 10.8 Å². The first-order chi connectivity index (χ1) is 9.65. The highest BCUT2D eigenvalue weighted by atomic mass is 32.2. The molecule has 1 aliphatic heterocycles. The standard InChI is InChI=1S/C13H11N3O3S/c17-12(14-11-5-9(13(18)19)15-16-11)8-6-20-10-4-2-1-3-7(8)10/h1-5,8H,6H2,(H,18,19)(H2,14,15,16,17). The molecule has 1 aromatic heterocycles. The maximum absolute atomic E-state index is 12.2. The Morgan fingerprint density at radius 2 is 2.20 bits per heavy atom. The number of carbonyl (C=O) groups is 2. The van der Waals surface area contributed by atoms with Crippen LogP contribution in [0.1, 0.15) is 22.0 Å². The van der Waals surface area contributed by atoms with E-state index in [1.807, 2.05) is 24.3 Å². The molecule has 20 heavy (non-hydrogen) atoms. The number of thioether (sulfide) groups is 1. The zero-order chi connectivity index (χ0) is 14.1. The molecule has 0 saturated carbocycles. The molecule has 6 nitrogen and oxygen atoms in total. The number of carboxylic acid groups (broad SMARTS) is 1. The van der Waals surface area contributed by atoms with Gasteiger partial charge in [0, 0.05) is 16.7 Å². The summed E-state index contributed by atoms with van der Waals surface area (Å²) in [6.45, 7) is 0. The molecule has 0 saturated heterocycles. The molecular weight excluding hydrogens is 278 g/mol. The number of fused-ring (bicyclic) bond motifs is 1. The minimum Gasteiger partial charge on any atom is -0.477 e. The number of benzene rings is 1. The summed E-state index contributed by atoms with van der Waals surface area (Å²) in [5.74, 6) is -0.616. The molecule has 1 aromatic carbocycles. The monoisotopic (exact) mass is 289 g/mol. The first-order valence-corrected chi connectivity index (χ1v) is 6.95. The number of aromatic amines is 1. The van der Waals surface area contributed by atoms with Crippen molar-refractivity contribution >= 4 is 29.5 Å². The van der Waals surface area contributed by atoms with E-state index in [9.17, 15) is 9.59 Å². The fourth-order valence-electron chi connectivity index (χ4n) is 2.09. The second-order valence-corrected chi connectivity index (χ2v) is 5.42. The van der Waals surface area contributed by atoms with Gasteiger partial charge in [0.15, 0.2) is 5.82 Å². The van der Waals surface area contributed by atoms with E-state index in [0.29, 0.717) is 5.75 Å². The van der Waals surface area contributed by atoms with Crippen molar-refractivity contribution < 1.29 is 14.7 Å². The van der Waals surface area contributed by atoms with Crippen LogP contribution in [0.5, 0.6) is 0 Å². The maximum atomic E-state index is 12.2. The smallest absolute Gasteiger partial charge is 0.353 e. The van der Waals surface area contributed by atoms with E-state index in [-0.39, 0.29) is 23.3 Å². The predicted octanol–water partition coefficient (Wildman–Crippen LogP) is 1.94. The lowest BCUT2D eigenvalue weighted by atomic mass is 10.0. The van der Waals surface area contributed by atoms with Gasteiger partial charge in [-0.05, 0) is 11.6 Å². The number of rotatable bonds is 3. The molecule has 102 valence electrons. The Labute approximate surface area is 118 Å². The average Bonchev–Trinajstić information content (AvgIpc) is 3.04. The molecule has 3 N–H and O–H groups in total. The van der Waals surface area contributed by atoms with Gasteiger partial charge in [0.05, 0.1) is 5.92 Å². The molecule has 1 atom stereocenters. The summed E-state index contributed by atoms with van der Waals surface area (Å²) in [6, 6.07) is 9.08. The van der Waals surface area contributed by atoms with Gasteiger partial charge in [-0.3, -0.25) is 9.89 Å². The van der Waals surface area contributed by atoms with Crippen LogP contribution in [-0.4, -0.2) is 32.9 Å². The van der Waals surface area contributed by atoms with E-state index < -0.39 is 5.97 Å². The summed E-state index contributed by atoms with van der Waals surface area (Å²) in [5, 5.41) is 17.5. The van der Waals surface area contributed by atoms with E-state index in [1.54, 1.807) is 11.8 Å². The number of aromatic carboxylic acids is 1. The largest absolute Gasteiger partial charge is 0.477 e. The van der Waals surface area contributed by atoms with E-state index >= 15 is 0 Å². The Hall–Kier alpha value is -2.28. The number of nitrogens with zero attached hydrogens (tertiary/aromatic N) is 1. The Balaban J connectivity index is 1.75. The molecule has 0 fully saturated rings. The predicted molar refractivity (Wildman–Crippen MR) is 74.1 cm³/mol. The lowest BCUT2D eigenvalue weighted by Crippen LogP contribution is -2.21. The molecule has 2 heterocycles. The second kappa shape index (κ2) is 5.01. The topological polar surface area (TPSA) is 95.1 Å². The number of anilines is 1. The minimum absolute atomic E-state index is 0.0542. The Morgan fingerprint density at radius 1 is 1.40 bits per heavy atom. The van der Waals surface area contributed by atoms with E-state index in [4.69, 9.17) is 5.11 Å². The highest BCUT2D eigenvalue weighted by Crippen LogP contribution is 2.39. The molecule has 0 bridgehead atoms. The van der Waals surface area contributed by atoms with Crippen LogP contribution in [0.2, 0.25) is 0 Å². The lowest BCUT2D eigenvalue weighted by molar-refractivity contribution is -0.117. The third-order valence-corrected chi connectivity index (χ3v) is 4.26. The Kier molecular flexibility index (Phi) is 3.19. The van der Waals surface area contributed by atoms with Crippen molar-refractivity contribution in [1.29, 1.82) is 0 Å². The van der Waals surface area contributed by atoms with Crippen molar-refractivity contribution in [3.05, 3.63) is 41.6 Å². The highest BCUT2D eigenvalue weighted by Gasteiger charge is 2.29. The van der Waals surface area contributed by atoms with Crippen LogP contribution < -0.4 is 5.32 Å². The van der Waals surface area contributed by atoms with Crippen LogP contribution in [0.15, 0.2) is 35.2 Å². The van der Waals surface area contributed by atoms with Crippen LogP contribution in [0.4, 0.5) is 5.82 Å². The van der Waals surface area contributed by atoms with Crippen molar-refractivity contribution in [3.8, 4) is 0 Å². The number of amides is 1. The third kappa shape index (κ3) is 2.27. The van der Waals surface area contributed by atoms with Gasteiger partial charge in [0.1, 0.15) is 5.69 Å². The SMILES string of the molecule is O=C(O)c1cc(NC(=O)C2CSc3ccccc32)n[nH]1. The third-order valence-electron chi connectivity index (χ3n) is 3.08. The van der Waals surface area contributed by atoms with Crippen molar-refractivity contribution in [2.75, 3.05) is 11.1 Å². The first-order valence-electron chi connectivity index (χ1n) is 5.96. The van der Waals surface area contributed by atoms with Crippen LogP contribution in [0.3, 0.4) is 0 Å². The van der Waals surface area contributed by atoms with Crippen LogP contribution >= 0.6 is 11.8 Å². The molecular formula is C13H11N3O3S. The zero-order valence-corrected chi connectivity index (χ0v) is 11.1. The van der Waals surface area contributed by atoms with Gasteiger partial charge in [0.25, 0.3) is 0 Å². The molecule has 3 rings (SSSR count). The number of carboxylic acids is 1. The molecule has 2 aromatic rings. The zero-order valence-electron chi connectivity index (χ0n) is 10.3. The van der Waals surface area contributed by atoms with Gasteiger partial charge in [0.2, 0.25) is 5.91 Å². The van der Waals surface area contributed by atoms with Crippen LogP contribution in [-0.2, 0) is 4.79 Å². The number of hydrogen-bond donors (Lipinski definition) is 3. The summed E-state index contributed by atoms with van der Waals surface area (Å²) in [6.07, 6.45) is 0. The molecule has 7 heteroatoms. The lowest BCUT2D eigenvalue weighted by Gasteiger charge is -2.09. The molecule has 0 spiro atoms. The summed E-state index contributed by atoms with van der Waals surface area (Å²) in [5.41, 5.74) is 0.950. The number of carbonyl (C=O) groups excluding carboxylic acids is 1. The van der Waals surface area contributed by atoms with E-state index in [0.717, 1.165) is 10.5 Å². The van der Waals surface area contributed by atoms with Gasteiger partial charge in [-0.25, -0.2) is 4.79 Å². The fraction of sp³-hybridized carbons (Fsp3) is 0.154. The number of nitrogens with one attached hydrogen (secondary N) is 2. The normalized spacial score (nSPS) is 16.7. The first kappa shape index (κ1) is 12.7. The van der Waals surface area contributed by atoms with Gasteiger partial charge in [-0.15, -0.1) is 11.8 Å². The summed E-state index contributed by atoms with van der Waals surface area (Å²) < 4.78 is 0. The average molecular weight is 289 g/mol. The summed E-state index contributed by atoms with van der Waals surface area (Å²) in [4.78, 5) is 24.1. The molecule has 1 unspecified atom stereocenters. The quantitative estimate of drug-likeness (QED) is 0.802. The van der Waals surface area contributed by atoms with Gasteiger partial charge < -0.3 is 10.4 Å². The fourth-order valence-corrected chi connectivity index (χ4v) is 3.32. The second-order valence-electron chi connectivity index (χ2n) is 4.36. The van der Waals surface area contributed by atoms with E-state index in [2.05, 4.69) is 15.5 Å². The van der Waals surface area contributed by atoms with Crippen molar-refractivity contribution in [3.63, 3.8) is 0 Å².